The highest BCUT2D eigenvalue weighted by Crippen LogP contribution is 2.16. The molecule has 0 amide bonds. The van der Waals surface area contributed by atoms with Crippen molar-refractivity contribution in [3.05, 3.63) is 47.7 Å². The van der Waals surface area contributed by atoms with Gasteiger partial charge in [-0.3, -0.25) is 0 Å². The van der Waals surface area contributed by atoms with Gasteiger partial charge in [0.25, 0.3) is 0 Å². The van der Waals surface area contributed by atoms with Gasteiger partial charge in [-0.2, -0.15) is 0 Å². The van der Waals surface area contributed by atoms with Crippen molar-refractivity contribution in [1.29, 1.82) is 0 Å². The Morgan fingerprint density at radius 2 is 2.00 bits per heavy atom. The van der Waals surface area contributed by atoms with Crippen molar-refractivity contribution < 1.29 is 0 Å². The van der Waals surface area contributed by atoms with Crippen LogP contribution in [0.2, 0.25) is 0 Å². The van der Waals surface area contributed by atoms with E-state index < -0.39 is 0 Å². The van der Waals surface area contributed by atoms with Crippen molar-refractivity contribution in [3.63, 3.8) is 0 Å². The maximum absolute atomic E-state index is 5.42. The summed E-state index contributed by atoms with van der Waals surface area (Å²) in [6.07, 6.45) is 1.81. The highest BCUT2D eigenvalue weighted by molar-refractivity contribution is 6.12. The van der Waals surface area contributed by atoms with Crippen LogP contribution in [0, 0.1) is 0 Å². The van der Waals surface area contributed by atoms with Gasteiger partial charge in [0.05, 0.1) is 0 Å². The van der Waals surface area contributed by atoms with Crippen LogP contribution in [0.5, 0.6) is 0 Å². The number of nitrogens with two attached hydrogens (primary N) is 1. The molecule has 0 saturated carbocycles. The zero-order valence-corrected chi connectivity index (χ0v) is 7.59. The number of hydrogen-bond acceptors (Lipinski definition) is 4. The minimum Gasteiger partial charge on any atom is -0.327 e. The summed E-state index contributed by atoms with van der Waals surface area (Å²) < 4.78 is 0. The monoisotopic (exact) mass is 186 g/mol. The third kappa shape index (κ3) is 1.60. The molecular formula is C10H10N4. The van der Waals surface area contributed by atoms with Crippen LogP contribution in [-0.2, 0) is 0 Å². The summed E-state index contributed by atoms with van der Waals surface area (Å²) in [6, 6.07) is 9.81. The molecule has 0 aliphatic carbocycles. The summed E-state index contributed by atoms with van der Waals surface area (Å²) in [5.74, 6) is 0. The highest BCUT2D eigenvalue weighted by Gasteiger charge is 2.13. The van der Waals surface area contributed by atoms with Crippen LogP contribution < -0.4 is 5.73 Å². The number of rotatable bonds is 2. The van der Waals surface area contributed by atoms with Gasteiger partial charge >= 0.3 is 0 Å². The predicted octanol–water partition coefficient (Wildman–Crippen LogP) is 1.70. The summed E-state index contributed by atoms with van der Waals surface area (Å²) >= 11 is 0. The Balaban J connectivity index is 2.34. The first-order chi connectivity index (χ1) is 6.92. The molecule has 0 aromatic heterocycles. The Morgan fingerprint density at radius 1 is 1.21 bits per heavy atom. The first-order valence-electron chi connectivity index (χ1n) is 4.36. The molecule has 4 heteroatoms. The summed E-state index contributed by atoms with van der Waals surface area (Å²) in [6.45, 7) is 0.445. The van der Waals surface area contributed by atoms with Crippen LogP contribution in [-0.4, -0.2) is 12.3 Å². The molecule has 70 valence electrons. The molecular weight excluding hydrogens is 176 g/mol. The maximum atomic E-state index is 5.42. The van der Waals surface area contributed by atoms with E-state index in [0.717, 1.165) is 17.0 Å². The van der Waals surface area contributed by atoms with E-state index in [9.17, 15) is 0 Å². The van der Waals surface area contributed by atoms with Crippen LogP contribution in [0.1, 0.15) is 5.56 Å². The van der Waals surface area contributed by atoms with Crippen molar-refractivity contribution in [2.24, 2.45) is 21.2 Å². The number of nitrogens with zero attached hydrogens (tertiary/aromatic N) is 3. The summed E-state index contributed by atoms with van der Waals surface area (Å²) in [7, 11) is 0. The minimum absolute atomic E-state index is 0.445. The molecule has 2 N–H and O–H groups in total. The molecule has 0 spiro atoms. The molecule has 1 aromatic rings. The molecule has 1 heterocycles. The van der Waals surface area contributed by atoms with Gasteiger partial charge < -0.3 is 5.73 Å². The molecule has 1 aromatic carbocycles. The molecule has 1 aliphatic heterocycles. The Hall–Kier alpha value is -1.81. The van der Waals surface area contributed by atoms with Gasteiger partial charge in [0.1, 0.15) is 11.4 Å². The summed E-state index contributed by atoms with van der Waals surface area (Å²) in [5, 5.41) is 11.5. The van der Waals surface area contributed by atoms with Gasteiger partial charge in [-0.05, 0) is 11.3 Å². The second kappa shape index (κ2) is 3.93. The molecule has 0 unspecified atom stereocenters. The SMILES string of the molecule is NCC=C1N=NN=C1c1ccccc1. The van der Waals surface area contributed by atoms with Gasteiger partial charge in [-0.15, -0.1) is 10.2 Å². The van der Waals surface area contributed by atoms with Crippen molar-refractivity contribution in [3.8, 4) is 0 Å². The lowest BCUT2D eigenvalue weighted by molar-refractivity contribution is 1.09. The molecule has 14 heavy (non-hydrogen) atoms. The van der Waals surface area contributed by atoms with E-state index in [4.69, 9.17) is 5.73 Å². The van der Waals surface area contributed by atoms with E-state index in [1.54, 1.807) is 0 Å². The predicted molar refractivity (Wildman–Crippen MR) is 55.0 cm³/mol. The van der Waals surface area contributed by atoms with Crippen molar-refractivity contribution >= 4 is 5.71 Å². The average molecular weight is 186 g/mol. The van der Waals surface area contributed by atoms with Gasteiger partial charge in [-0.1, -0.05) is 30.3 Å². The van der Waals surface area contributed by atoms with E-state index in [-0.39, 0.29) is 0 Å². The Bertz CT molecular complexity index is 403. The van der Waals surface area contributed by atoms with Crippen molar-refractivity contribution in [1.82, 2.24) is 0 Å². The van der Waals surface area contributed by atoms with Gasteiger partial charge in [0.2, 0.25) is 0 Å². The van der Waals surface area contributed by atoms with Crippen LogP contribution in [0.25, 0.3) is 0 Å². The molecule has 0 fully saturated rings. The van der Waals surface area contributed by atoms with Crippen molar-refractivity contribution in [2.75, 3.05) is 6.54 Å². The fraction of sp³-hybridized carbons (Fsp3) is 0.100. The summed E-state index contributed by atoms with van der Waals surface area (Å²) in [5.41, 5.74) is 7.96. The molecule has 1 aliphatic rings. The zero-order valence-electron chi connectivity index (χ0n) is 7.59. The fourth-order valence-corrected chi connectivity index (χ4v) is 1.26. The largest absolute Gasteiger partial charge is 0.327 e. The molecule has 4 nitrogen and oxygen atoms in total. The molecule has 0 atom stereocenters. The van der Waals surface area contributed by atoms with Gasteiger partial charge in [0.15, 0.2) is 0 Å². The van der Waals surface area contributed by atoms with E-state index in [0.29, 0.717) is 6.54 Å². The van der Waals surface area contributed by atoms with Crippen LogP contribution in [0.4, 0.5) is 0 Å². The summed E-state index contributed by atoms with van der Waals surface area (Å²) in [4.78, 5) is 0. The number of allylic oxidation sites excluding steroid dienone is 1. The minimum atomic E-state index is 0.445. The topological polar surface area (TPSA) is 63.1 Å². The average Bonchev–Trinajstić information content (AvgIpc) is 2.68. The van der Waals surface area contributed by atoms with Gasteiger partial charge in [-0.25, -0.2) is 0 Å². The van der Waals surface area contributed by atoms with Crippen molar-refractivity contribution in [2.45, 2.75) is 0 Å². The van der Waals surface area contributed by atoms with Crippen LogP contribution in [0.3, 0.4) is 0 Å². The second-order valence-electron chi connectivity index (χ2n) is 2.83. The van der Waals surface area contributed by atoms with E-state index >= 15 is 0 Å². The van der Waals surface area contributed by atoms with Crippen LogP contribution in [0.15, 0.2) is 57.5 Å². The maximum Gasteiger partial charge on any atom is 0.122 e. The molecule has 0 saturated heterocycles. The normalized spacial score (nSPS) is 17.5. The quantitative estimate of drug-likeness (QED) is 0.750. The van der Waals surface area contributed by atoms with E-state index in [1.807, 2.05) is 36.4 Å². The third-order valence-corrected chi connectivity index (χ3v) is 1.90. The van der Waals surface area contributed by atoms with Crippen LogP contribution >= 0.6 is 0 Å². The van der Waals surface area contributed by atoms with E-state index in [1.165, 1.54) is 0 Å². The Kier molecular flexibility index (Phi) is 2.46. The zero-order chi connectivity index (χ0) is 9.80. The molecule has 0 bridgehead atoms. The highest BCUT2D eigenvalue weighted by atomic mass is 15.4. The number of benzene rings is 1. The van der Waals surface area contributed by atoms with E-state index in [2.05, 4.69) is 15.4 Å². The smallest absolute Gasteiger partial charge is 0.122 e. The Labute approximate surface area is 81.8 Å². The fourth-order valence-electron chi connectivity index (χ4n) is 1.26. The standard InChI is InChI=1S/C10H10N4/c11-7-6-9-10(13-14-12-9)8-4-2-1-3-5-8/h1-6H,7,11H2. The Morgan fingerprint density at radius 3 is 2.71 bits per heavy atom. The molecule has 2 rings (SSSR count). The first-order valence-corrected chi connectivity index (χ1v) is 4.36. The molecule has 0 radical (unpaired) electrons. The lowest BCUT2D eigenvalue weighted by Gasteiger charge is -1.98. The first kappa shape index (κ1) is 8.77. The van der Waals surface area contributed by atoms with Gasteiger partial charge in [0, 0.05) is 12.1 Å². The second-order valence-corrected chi connectivity index (χ2v) is 2.83. The third-order valence-electron chi connectivity index (χ3n) is 1.90. The number of hydrogen-bond donors (Lipinski definition) is 1. The lowest BCUT2D eigenvalue weighted by Crippen LogP contribution is -2.03. The lowest BCUT2D eigenvalue weighted by atomic mass is 10.1.